The van der Waals surface area contributed by atoms with Crippen LogP contribution in [0, 0.1) is 13.8 Å². The molecular weight excluding hydrogens is 388 g/mol. The summed E-state index contributed by atoms with van der Waals surface area (Å²) >= 11 is 0. The second-order valence-electron chi connectivity index (χ2n) is 8.64. The van der Waals surface area contributed by atoms with Crippen molar-refractivity contribution in [3.05, 3.63) is 53.5 Å². The second kappa shape index (κ2) is 8.13. The largest absolute Gasteiger partial charge is 0.367 e. The number of anilines is 2. The van der Waals surface area contributed by atoms with Gasteiger partial charge in [-0.25, -0.2) is 15.0 Å². The number of nitrogens with one attached hydrogen (secondary N) is 2. The highest BCUT2D eigenvalue weighted by Gasteiger charge is 2.26. The molecule has 2 N–H and O–H groups in total. The lowest BCUT2D eigenvalue weighted by molar-refractivity contribution is 0.0952. The first-order valence-corrected chi connectivity index (χ1v) is 11.1. The molecule has 1 aromatic carbocycles. The molecule has 2 aromatic heterocycles. The van der Waals surface area contributed by atoms with Crippen LogP contribution in [0.25, 0.3) is 10.9 Å². The van der Waals surface area contributed by atoms with E-state index in [1.54, 1.807) is 0 Å². The number of carbonyl (C=O) groups excluding carboxylic acids is 1. The third-order valence-corrected chi connectivity index (χ3v) is 6.00. The first-order valence-electron chi connectivity index (χ1n) is 11.1. The fourth-order valence-corrected chi connectivity index (χ4v) is 4.25. The molecule has 0 radical (unpaired) electrons. The van der Waals surface area contributed by atoms with Gasteiger partial charge in [0.1, 0.15) is 17.5 Å². The molecule has 2 aliphatic rings. The van der Waals surface area contributed by atoms with Gasteiger partial charge in [-0.05, 0) is 51.7 Å². The number of hydrogen-bond acceptors (Lipinski definition) is 6. The monoisotopic (exact) mass is 416 g/mol. The number of aromatic nitrogens is 3. The maximum atomic E-state index is 12.8. The lowest BCUT2D eigenvalue weighted by atomic mass is 10.0. The van der Waals surface area contributed by atoms with E-state index in [0.29, 0.717) is 17.6 Å². The molecule has 1 amide bonds. The zero-order valence-corrected chi connectivity index (χ0v) is 18.1. The fourth-order valence-electron chi connectivity index (χ4n) is 4.25. The van der Waals surface area contributed by atoms with Crippen molar-refractivity contribution in [1.82, 2.24) is 20.3 Å². The lowest BCUT2D eigenvalue weighted by Gasteiger charge is -2.33. The van der Waals surface area contributed by atoms with Crippen LogP contribution in [-0.2, 0) is 0 Å². The first-order chi connectivity index (χ1) is 15.0. The van der Waals surface area contributed by atoms with Gasteiger partial charge < -0.3 is 15.5 Å². The Bertz CT molecular complexity index is 1100. The molecule has 1 saturated heterocycles. The van der Waals surface area contributed by atoms with Crippen molar-refractivity contribution < 1.29 is 4.79 Å². The van der Waals surface area contributed by atoms with Crippen LogP contribution in [-0.4, -0.2) is 46.0 Å². The van der Waals surface area contributed by atoms with Gasteiger partial charge in [-0.1, -0.05) is 18.2 Å². The van der Waals surface area contributed by atoms with Gasteiger partial charge in [0.2, 0.25) is 0 Å². The number of hydrogen-bond donors (Lipinski definition) is 2. The number of aryl methyl sites for hydroxylation is 2. The Morgan fingerprint density at radius 1 is 0.968 bits per heavy atom. The van der Waals surface area contributed by atoms with E-state index in [-0.39, 0.29) is 5.91 Å². The van der Waals surface area contributed by atoms with Crippen molar-refractivity contribution in [2.24, 2.45) is 0 Å². The Labute approximate surface area is 182 Å². The van der Waals surface area contributed by atoms with Crippen LogP contribution in [0.15, 0.2) is 36.4 Å². The zero-order valence-electron chi connectivity index (χ0n) is 18.1. The van der Waals surface area contributed by atoms with E-state index in [1.165, 1.54) is 0 Å². The van der Waals surface area contributed by atoms with Crippen molar-refractivity contribution in [3.63, 3.8) is 0 Å². The summed E-state index contributed by atoms with van der Waals surface area (Å²) < 4.78 is 0. The average molecular weight is 417 g/mol. The second-order valence-corrected chi connectivity index (χ2v) is 8.64. The molecule has 0 unspecified atom stereocenters. The highest BCUT2D eigenvalue weighted by Crippen LogP contribution is 2.26. The van der Waals surface area contributed by atoms with Crippen molar-refractivity contribution in [2.75, 3.05) is 23.3 Å². The predicted octanol–water partition coefficient (Wildman–Crippen LogP) is 3.61. The van der Waals surface area contributed by atoms with E-state index in [9.17, 15) is 4.79 Å². The minimum Gasteiger partial charge on any atom is -0.367 e. The normalized spacial score (nSPS) is 17.0. The Balaban J connectivity index is 1.31. The lowest BCUT2D eigenvalue weighted by Crippen LogP contribution is -2.39. The molecule has 1 aliphatic heterocycles. The van der Waals surface area contributed by atoms with Crippen LogP contribution in [0.5, 0.6) is 0 Å². The van der Waals surface area contributed by atoms with Crippen LogP contribution in [0.3, 0.4) is 0 Å². The minimum absolute atomic E-state index is 0.00605. The van der Waals surface area contributed by atoms with Crippen LogP contribution in [0.1, 0.15) is 47.6 Å². The van der Waals surface area contributed by atoms with Crippen molar-refractivity contribution >= 4 is 28.4 Å². The number of carbonyl (C=O) groups is 1. The highest BCUT2D eigenvalue weighted by atomic mass is 16.1. The summed E-state index contributed by atoms with van der Waals surface area (Å²) in [7, 11) is 0. The fraction of sp³-hybridized carbons (Fsp3) is 0.417. The maximum absolute atomic E-state index is 12.8. The van der Waals surface area contributed by atoms with E-state index in [2.05, 4.69) is 31.6 Å². The third-order valence-electron chi connectivity index (χ3n) is 6.00. The van der Waals surface area contributed by atoms with Crippen LogP contribution in [0.4, 0.5) is 11.6 Å². The van der Waals surface area contributed by atoms with E-state index < -0.39 is 0 Å². The number of piperidine rings is 1. The summed E-state index contributed by atoms with van der Waals surface area (Å²) in [5.74, 6) is 2.58. The Hall–Kier alpha value is -3.22. The predicted molar refractivity (Wildman–Crippen MR) is 123 cm³/mol. The van der Waals surface area contributed by atoms with Crippen LogP contribution < -0.4 is 15.5 Å². The summed E-state index contributed by atoms with van der Waals surface area (Å²) in [4.78, 5) is 28.9. The molecule has 7 nitrogen and oxygen atoms in total. The van der Waals surface area contributed by atoms with E-state index in [4.69, 9.17) is 4.98 Å². The topological polar surface area (TPSA) is 83.0 Å². The number of rotatable bonds is 5. The zero-order chi connectivity index (χ0) is 21.4. The van der Waals surface area contributed by atoms with Crippen molar-refractivity contribution in [2.45, 2.75) is 51.6 Å². The number of fused-ring (bicyclic) bond motifs is 1. The van der Waals surface area contributed by atoms with E-state index in [0.717, 1.165) is 72.8 Å². The molecule has 0 bridgehead atoms. The standard InChI is InChI=1S/C24H28N6O/c1-15-13-23(26-16(2)25-15)30-11-9-18(10-12-30)27-22-14-20(24(31)28-17-7-8-17)19-5-3-4-6-21(19)29-22/h3-6,13-14,17-18H,7-12H2,1-2H3,(H,27,29)(H,28,31). The highest BCUT2D eigenvalue weighted by molar-refractivity contribution is 6.07. The summed E-state index contributed by atoms with van der Waals surface area (Å²) in [5, 5.41) is 7.59. The first kappa shape index (κ1) is 19.7. The number of benzene rings is 1. The number of pyridine rings is 1. The molecule has 7 heteroatoms. The molecule has 5 rings (SSSR count). The quantitative estimate of drug-likeness (QED) is 0.661. The molecule has 160 valence electrons. The van der Waals surface area contributed by atoms with Gasteiger partial charge in [0, 0.05) is 42.3 Å². The Morgan fingerprint density at radius 2 is 1.74 bits per heavy atom. The van der Waals surface area contributed by atoms with Gasteiger partial charge in [-0.3, -0.25) is 4.79 Å². The molecule has 3 heterocycles. The molecule has 3 aromatic rings. The van der Waals surface area contributed by atoms with Crippen LogP contribution in [0.2, 0.25) is 0 Å². The smallest absolute Gasteiger partial charge is 0.252 e. The minimum atomic E-state index is -0.00605. The summed E-state index contributed by atoms with van der Waals surface area (Å²) in [6, 6.07) is 12.5. The molecule has 1 aliphatic carbocycles. The SMILES string of the molecule is Cc1cc(N2CCC(Nc3cc(C(=O)NC4CC4)c4ccccc4n3)CC2)nc(C)n1. The summed E-state index contributed by atoms with van der Waals surface area (Å²) in [6.07, 6.45) is 4.12. The van der Waals surface area contributed by atoms with Crippen molar-refractivity contribution in [3.8, 4) is 0 Å². The summed E-state index contributed by atoms with van der Waals surface area (Å²) in [6.45, 7) is 5.80. The summed E-state index contributed by atoms with van der Waals surface area (Å²) in [5.41, 5.74) is 2.54. The maximum Gasteiger partial charge on any atom is 0.252 e. The average Bonchev–Trinajstić information content (AvgIpc) is 3.57. The van der Waals surface area contributed by atoms with Gasteiger partial charge in [0.05, 0.1) is 11.1 Å². The number of amides is 1. The molecule has 1 saturated carbocycles. The van der Waals surface area contributed by atoms with Gasteiger partial charge in [-0.15, -0.1) is 0 Å². The molecule has 0 spiro atoms. The van der Waals surface area contributed by atoms with E-state index >= 15 is 0 Å². The molecule has 31 heavy (non-hydrogen) atoms. The van der Waals surface area contributed by atoms with Gasteiger partial charge in [0.15, 0.2) is 0 Å². The Morgan fingerprint density at radius 3 is 2.48 bits per heavy atom. The van der Waals surface area contributed by atoms with Crippen molar-refractivity contribution in [1.29, 1.82) is 0 Å². The molecular formula is C24H28N6O. The van der Waals surface area contributed by atoms with Gasteiger partial charge in [0.25, 0.3) is 5.91 Å². The van der Waals surface area contributed by atoms with Gasteiger partial charge >= 0.3 is 0 Å². The Kier molecular flexibility index (Phi) is 5.18. The number of para-hydroxylation sites is 1. The molecule has 0 atom stereocenters. The molecule has 2 fully saturated rings. The number of nitrogens with zero attached hydrogens (tertiary/aromatic N) is 4. The van der Waals surface area contributed by atoms with E-state index in [1.807, 2.05) is 44.2 Å². The third kappa shape index (κ3) is 4.45. The van der Waals surface area contributed by atoms with Crippen LogP contribution >= 0.6 is 0 Å². The van der Waals surface area contributed by atoms with Gasteiger partial charge in [-0.2, -0.15) is 0 Å².